The summed E-state index contributed by atoms with van der Waals surface area (Å²) in [5.74, 6) is 0. The maximum Gasteiger partial charge on any atom is 0.508 e. The molecule has 2 atom stereocenters. The standard InChI is InChI=1S/C13H26O6/c1-5-12(16-6-2)10-18-11(3)9-19-13(14)17-8-7-15-4/h11-12H,5-10H2,1-4H3. The van der Waals surface area contributed by atoms with Crippen molar-refractivity contribution in [2.24, 2.45) is 0 Å². The molecule has 19 heavy (non-hydrogen) atoms. The third-order valence-corrected chi connectivity index (χ3v) is 2.37. The first-order valence-electron chi connectivity index (χ1n) is 6.65. The molecule has 0 aromatic heterocycles. The molecule has 0 saturated heterocycles. The van der Waals surface area contributed by atoms with Crippen LogP contribution in [0.5, 0.6) is 0 Å². The van der Waals surface area contributed by atoms with Gasteiger partial charge in [0.25, 0.3) is 0 Å². The van der Waals surface area contributed by atoms with Crippen molar-refractivity contribution in [2.75, 3.05) is 40.1 Å². The lowest BCUT2D eigenvalue weighted by Gasteiger charge is -2.18. The molecule has 0 heterocycles. The molecule has 0 rings (SSSR count). The van der Waals surface area contributed by atoms with Crippen LogP contribution in [0, 0.1) is 0 Å². The predicted molar refractivity (Wildman–Crippen MR) is 70.3 cm³/mol. The van der Waals surface area contributed by atoms with E-state index >= 15 is 0 Å². The fourth-order valence-corrected chi connectivity index (χ4v) is 1.27. The van der Waals surface area contributed by atoms with Crippen molar-refractivity contribution in [3.63, 3.8) is 0 Å². The summed E-state index contributed by atoms with van der Waals surface area (Å²) < 4.78 is 25.4. The smallest absolute Gasteiger partial charge is 0.432 e. The molecular weight excluding hydrogens is 252 g/mol. The molecule has 0 aromatic carbocycles. The average Bonchev–Trinajstić information content (AvgIpc) is 2.41. The summed E-state index contributed by atoms with van der Waals surface area (Å²) in [7, 11) is 1.53. The quantitative estimate of drug-likeness (QED) is 0.425. The van der Waals surface area contributed by atoms with Gasteiger partial charge in [-0.05, 0) is 20.3 Å². The summed E-state index contributed by atoms with van der Waals surface area (Å²) in [6.45, 7) is 7.69. The minimum atomic E-state index is -0.704. The number of hydrogen-bond acceptors (Lipinski definition) is 6. The number of ether oxygens (including phenoxy) is 5. The zero-order chi connectivity index (χ0) is 14.5. The molecular formula is C13H26O6. The van der Waals surface area contributed by atoms with Crippen molar-refractivity contribution >= 4 is 6.16 Å². The van der Waals surface area contributed by atoms with E-state index in [1.807, 2.05) is 20.8 Å². The summed E-state index contributed by atoms with van der Waals surface area (Å²) in [5.41, 5.74) is 0. The van der Waals surface area contributed by atoms with Crippen LogP contribution in [0.2, 0.25) is 0 Å². The minimum absolute atomic E-state index is 0.0844. The van der Waals surface area contributed by atoms with Gasteiger partial charge < -0.3 is 23.7 Å². The Morgan fingerprint density at radius 1 is 1.05 bits per heavy atom. The lowest BCUT2D eigenvalue weighted by molar-refractivity contribution is -0.0589. The van der Waals surface area contributed by atoms with Crippen LogP contribution >= 0.6 is 0 Å². The number of hydrogen-bond donors (Lipinski definition) is 0. The normalized spacial score (nSPS) is 13.9. The highest BCUT2D eigenvalue weighted by atomic mass is 16.7. The van der Waals surface area contributed by atoms with Gasteiger partial charge in [0.2, 0.25) is 0 Å². The zero-order valence-electron chi connectivity index (χ0n) is 12.3. The van der Waals surface area contributed by atoms with Gasteiger partial charge in [0, 0.05) is 13.7 Å². The molecule has 0 fully saturated rings. The van der Waals surface area contributed by atoms with Gasteiger partial charge in [-0.15, -0.1) is 0 Å². The van der Waals surface area contributed by atoms with Crippen LogP contribution in [0.25, 0.3) is 0 Å². The van der Waals surface area contributed by atoms with Crippen molar-refractivity contribution in [1.82, 2.24) is 0 Å². The van der Waals surface area contributed by atoms with E-state index in [0.29, 0.717) is 19.8 Å². The Morgan fingerprint density at radius 3 is 2.37 bits per heavy atom. The molecule has 6 nitrogen and oxygen atoms in total. The SMILES string of the molecule is CCOC(CC)COC(C)COC(=O)OCCOC. The molecule has 0 saturated carbocycles. The molecule has 0 aliphatic heterocycles. The topological polar surface area (TPSA) is 63.2 Å². The molecule has 0 radical (unpaired) electrons. The lowest BCUT2D eigenvalue weighted by atomic mass is 10.3. The second kappa shape index (κ2) is 12.2. The van der Waals surface area contributed by atoms with E-state index in [0.717, 1.165) is 6.42 Å². The second-order valence-corrected chi connectivity index (χ2v) is 4.03. The summed E-state index contributed by atoms with van der Waals surface area (Å²) in [6.07, 6.45) is 0.0791. The van der Waals surface area contributed by atoms with Crippen LogP contribution in [0.3, 0.4) is 0 Å². The summed E-state index contributed by atoms with van der Waals surface area (Å²) in [6, 6.07) is 0. The van der Waals surface area contributed by atoms with E-state index in [2.05, 4.69) is 0 Å². The molecule has 0 bridgehead atoms. The summed E-state index contributed by atoms with van der Waals surface area (Å²) >= 11 is 0. The van der Waals surface area contributed by atoms with Crippen LogP contribution in [0.4, 0.5) is 4.79 Å². The van der Waals surface area contributed by atoms with Crippen molar-refractivity contribution in [3.05, 3.63) is 0 Å². The molecule has 0 amide bonds. The molecule has 0 aliphatic carbocycles. The van der Waals surface area contributed by atoms with Gasteiger partial charge in [-0.2, -0.15) is 0 Å². The van der Waals surface area contributed by atoms with Gasteiger partial charge in [-0.3, -0.25) is 0 Å². The van der Waals surface area contributed by atoms with Crippen LogP contribution in [-0.2, 0) is 23.7 Å². The highest BCUT2D eigenvalue weighted by Gasteiger charge is 2.12. The molecule has 6 heteroatoms. The molecule has 2 unspecified atom stereocenters. The largest absolute Gasteiger partial charge is 0.508 e. The number of methoxy groups -OCH3 is 1. The Kier molecular flexibility index (Phi) is 11.7. The second-order valence-electron chi connectivity index (χ2n) is 4.03. The number of carbonyl (C=O) groups excluding carboxylic acids is 1. The van der Waals surface area contributed by atoms with Gasteiger partial charge in [-0.1, -0.05) is 6.92 Å². The molecule has 0 N–H and O–H groups in total. The van der Waals surface area contributed by atoms with Gasteiger partial charge in [0.15, 0.2) is 0 Å². The molecule has 114 valence electrons. The zero-order valence-corrected chi connectivity index (χ0v) is 12.3. The van der Waals surface area contributed by atoms with Gasteiger partial charge in [-0.25, -0.2) is 4.79 Å². The van der Waals surface area contributed by atoms with E-state index in [-0.39, 0.29) is 25.4 Å². The number of rotatable bonds is 11. The summed E-state index contributed by atoms with van der Waals surface area (Å²) in [4.78, 5) is 11.1. The van der Waals surface area contributed by atoms with Crippen molar-refractivity contribution in [3.8, 4) is 0 Å². The van der Waals surface area contributed by atoms with E-state index in [4.69, 9.17) is 23.7 Å². The first-order valence-corrected chi connectivity index (χ1v) is 6.65. The van der Waals surface area contributed by atoms with Crippen molar-refractivity contribution in [1.29, 1.82) is 0 Å². The molecule has 0 aromatic rings. The van der Waals surface area contributed by atoms with Crippen molar-refractivity contribution < 1.29 is 28.5 Å². The Hall–Kier alpha value is -0.850. The Labute approximate surface area is 115 Å². The highest BCUT2D eigenvalue weighted by molar-refractivity contribution is 5.59. The van der Waals surface area contributed by atoms with Gasteiger partial charge >= 0.3 is 6.16 Å². The fraction of sp³-hybridized carbons (Fsp3) is 0.923. The monoisotopic (exact) mass is 278 g/mol. The Morgan fingerprint density at radius 2 is 1.79 bits per heavy atom. The third kappa shape index (κ3) is 10.7. The van der Waals surface area contributed by atoms with E-state index in [1.165, 1.54) is 7.11 Å². The van der Waals surface area contributed by atoms with Gasteiger partial charge in [0.05, 0.1) is 25.4 Å². The maximum absolute atomic E-state index is 11.1. The van der Waals surface area contributed by atoms with E-state index in [1.54, 1.807) is 0 Å². The molecule has 0 aliphatic rings. The van der Waals surface area contributed by atoms with Crippen LogP contribution in [0.1, 0.15) is 27.2 Å². The number of carbonyl (C=O) groups is 1. The van der Waals surface area contributed by atoms with E-state index < -0.39 is 6.16 Å². The van der Waals surface area contributed by atoms with Crippen molar-refractivity contribution in [2.45, 2.75) is 39.4 Å². The van der Waals surface area contributed by atoms with E-state index in [9.17, 15) is 4.79 Å². The Balaban J connectivity index is 3.62. The van der Waals surface area contributed by atoms with Crippen LogP contribution < -0.4 is 0 Å². The molecule has 0 spiro atoms. The van der Waals surface area contributed by atoms with Crippen LogP contribution in [-0.4, -0.2) is 58.5 Å². The predicted octanol–water partition coefficient (Wildman–Crippen LogP) is 2.01. The maximum atomic E-state index is 11.1. The highest BCUT2D eigenvalue weighted by Crippen LogP contribution is 2.02. The average molecular weight is 278 g/mol. The summed E-state index contributed by atoms with van der Waals surface area (Å²) in [5, 5.41) is 0. The van der Waals surface area contributed by atoms with Crippen LogP contribution in [0.15, 0.2) is 0 Å². The minimum Gasteiger partial charge on any atom is -0.432 e. The fourth-order valence-electron chi connectivity index (χ4n) is 1.27. The Bertz CT molecular complexity index is 221. The third-order valence-electron chi connectivity index (χ3n) is 2.37. The first-order chi connectivity index (χ1) is 9.13. The lowest BCUT2D eigenvalue weighted by Crippen LogP contribution is -2.26. The van der Waals surface area contributed by atoms with Gasteiger partial charge in [0.1, 0.15) is 13.2 Å². The first kappa shape index (κ1) is 18.1.